The first kappa shape index (κ1) is 24.0. The number of hydrogen-bond acceptors (Lipinski definition) is 5. The van der Waals surface area contributed by atoms with Crippen LogP contribution in [0.1, 0.15) is 20.8 Å². The van der Waals surface area contributed by atoms with Crippen LogP contribution in [-0.2, 0) is 4.79 Å². The number of ketones is 1. The lowest BCUT2D eigenvalue weighted by Crippen LogP contribution is -2.17. The summed E-state index contributed by atoms with van der Waals surface area (Å²) in [7, 11) is 0. The number of benzene rings is 3. The van der Waals surface area contributed by atoms with Crippen LogP contribution in [0.25, 0.3) is 16.2 Å². The van der Waals surface area contributed by atoms with Gasteiger partial charge in [-0.25, -0.2) is 9.18 Å². The van der Waals surface area contributed by atoms with Crippen molar-refractivity contribution in [2.45, 2.75) is 6.36 Å². The van der Waals surface area contributed by atoms with Gasteiger partial charge < -0.3 is 14.6 Å². The first-order valence-corrected chi connectivity index (χ1v) is 10.7. The fourth-order valence-corrected chi connectivity index (χ4v) is 4.29. The van der Waals surface area contributed by atoms with E-state index in [9.17, 15) is 27.2 Å². The number of carbonyl (C=O) groups is 2. The Morgan fingerprint density at radius 1 is 0.914 bits per heavy atom. The van der Waals surface area contributed by atoms with Crippen molar-refractivity contribution in [3.8, 4) is 17.2 Å². The van der Waals surface area contributed by atoms with Gasteiger partial charge in [0.15, 0.2) is 5.75 Å². The molecule has 0 saturated carbocycles. The molecule has 0 radical (unpaired) electrons. The Bertz CT molecular complexity index is 1420. The van der Waals surface area contributed by atoms with Crippen molar-refractivity contribution < 1.29 is 41.7 Å². The molecule has 178 valence electrons. The average molecular weight is 502 g/mol. The number of thiophene rings is 1. The van der Waals surface area contributed by atoms with E-state index >= 15 is 0 Å². The Kier molecular flexibility index (Phi) is 6.57. The smallest absolute Gasteiger partial charge is 0.478 e. The molecule has 0 unspecified atom stereocenters. The zero-order valence-electron chi connectivity index (χ0n) is 17.5. The van der Waals surface area contributed by atoms with E-state index in [1.807, 2.05) is 0 Å². The highest BCUT2D eigenvalue weighted by molar-refractivity contribution is 7.21. The van der Waals surface area contributed by atoms with Crippen molar-refractivity contribution in [1.82, 2.24) is 0 Å². The second-order valence-corrected chi connectivity index (χ2v) is 8.20. The Labute approximate surface area is 199 Å². The molecule has 1 aromatic heterocycles. The van der Waals surface area contributed by atoms with Crippen LogP contribution >= 0.6 is 11.3 Å². The molecule has 4 rings (SSSR count). The highest BCUT2D eigenvalue weighted by Crippen LogP contribution is 2.42. The van der Waals surface area contributed by atoms with Crippen LogP contribution in [-0.4, -0.2) is 23.2 Å². The molecule has 0 atom stereocenters. The topological polar surface area (TPSA) is 72.8 Å². The Balaban J connectivity index is 1.68. The first-order chi connectivity index (χ1) is 16.6. The number of fused-ring (bicyclic) bond motifs is 1. The van der Waals surface area contributed by atoms with Crippen molar-refractivity contribution in [2.75, 3.05) is 0 Å². The number of carboxylic acids is 1. The molecule has 0 saturated heterocycles. The zero-order valence-corrected chi connectivity index (χ0v) is 18.3. The van der Waals surface area contributed by atoms with Gasteiger partial charge in [0.05, 0.1) is 0 Å². The first-order valence-electron chi connectivity index (χ1n) is 9.90. The number of rotatable bonds is 7. The van der Waals surface area contributed by atoms with Gasteiger partial charge in [-0.05, 0) is 66.2 Å². The predicted octanol–water partition coefficient (Wildman–Crippen LogP) is 7.06. The van der Waals surface area contributed by atoms with E-state index in [0.717, 1.165) is 29.5 Å². The normalized spacial score (nSPS) is 11.7. The lowest BCUT2D eigenvalue weighted by Gasteiger charge is -2.10. The summed E-state index contributed by atoms with van der Waals surface area (Å²) in [6.07, 6.45) is -2.48. The second kappa shape index (κ2) is 9.59. The number of aliphatic carboxylic acids is 1. The van der Waals surface area contributed by atoms with Crippen LogP contribution in [0.15, 0.2) is 72.8 Å². The molecule has 1 N–H and O–H groups in total. The van der Waals surface area contributed by atoms with E-state index in [2.05, 4.69) is 4.74 Å². The number of carboxylic acid groups (broad SMARTS) is 1. The van der Waals surface area contributed by atoms with Crippen LogP contribution in [0.4, 0.5) is 17.6 Å². The highest BCUT2D eigenvalue weighted by Gasteiger charge is 2.31. The van der Waals surface area contributed by atoms with Crippen LogP contribution in [0.5, 0.6) is 17.2 Å². The van der Waals surface area contributed by atoms with Crippen molar-refractivity contribution in [3.05, 3.63) is 94.6 Å². The number of ether oxygens (including phenoxy) is 2. The minimum atomic E-state index is -4.86. The number of hydrogen-bond donors (Lipinski definition) is 1. The molecule has 1 heterocycles. The van der Waals surface area contributed by atoms with Crippen LogP contribution < -0.4 is 9.47 Å². The minimum Gasteiger partial charge on any atom is -0.478 e. The molecule has 10 heteroatoms. The highest BCUT2D eigenvalue weighted by atomic mass is 32.1. The standard InChI is InChI=1S/C25H14F4O5S/c26-16-6-11-19-20(13-16)35-24(22(32)15-4-9-18(10-5-15)34-25(27,28)29)23(19)33-17-7-1-14(2-8-17)3-12-21(30)31/h1-13H,(H,30,31)/b12-3+. The predicted molar refractivity (Wildman–Crippen MR) is 122 cm³/mol. The van der Waals surface area contributed by atoms with E-state index in [1.165, 1.54) is 36.4 Å². The van der Waals surface area contributed by atoms with Gasteiger partial charge >= 0.3 is 12.3 Å². The molecular weight excluding hydrogens is 488 g/mol. The van der Waals surface area contributed by atoms with E-state index in [0.29, 0.717) is 21.4 Å². The quantitative estimate of drug-likeness (QED) is 0.166. The van der Waals surface area contributed by atoms with Gasteiger partial charge in [-0.3, -0.25) is 4.79 Å². The maximum Gasteiger partial charge on any atom is 0.573 e. The van der Waals surface area contributed by atoms with Gasteiger partial charge in [-0.15, -0.1) is 24.5 Å². The van der Waals surface area contributed by atoms with Crippen LogP contribution in [0, 0.1) is 5.82 Å². The Morgan fingerprint density at radius 2 is 1.57 bits per heavy atom. The molecule has 0 aliphatic heterocycles. The summed E-state index contributed by atoms with van der Waals surface area (Å²) >= 11 is 0.987. The summed E-state index contributed by atoms with van der Waals surface area (Å²) in [6.45, 7) is 0. The largest absolute Gasteiger partial charge is 0.573 e. The molecule has 0 bridgehead atoms. The number of alkyl halides is 3. The molecule has 3 aromatic carbocycles. The summed E-state index contributed by atoms with van der Waals surface area (Å²) in [6, 6.07) is 14.8. The fourth-order valence-electron chi connectivity index (χ4n) is 3.17. The van der Waals surface area contributed by atoms with Crippen molar-refractivity contribution >= 4 is 39.3 Å². The molecule has 0 spiro atoms. The van der Waals surface area contributed by atoms with Crippen LogP contribution in [0.2, 0.25) is 0 Å². The molecular formula is C25H14F4O5S. The maximum absolute atomic E-state index is 13.8. The molecule has 35 heavy (non-hydrogen) atoms. The molecule has 0 fully saturated rings. The third-order valence-electron chi connectivity index (χ3n) is 4.68. The van der Waals surface area contributed by atoms with E-state index in [-0.39, 0.29) is 16.2 Å². The molecule has 5 nitrogen and oxygen atoms in total. The molecule has 0 aliphatic rings. The molecule has 0 amide bonds. The number of carbonyl (C=O) groups excluding carboxylic acids is 1. The Hall–Kier alpha value is -4.18. The van der Waals surface area contributed by atoms with Crippen molar-refractivity contribution in [2.24, 2.45) is 0 Å². The summed E-state index contributed by atoms with van der Waals surface area (Å²) in [5, 5.41) is 9.21. The summed E-state index contributed by atoms with van der Waals surface area (Å²) < 4.78 is 61.3. The lowest BCUT2D eigenvalue weighted by molar-refractivity contribution is -0.274. The van der Waals surface area contributed by atoms with Gasteiger partial charge in [-0.1, -0.05) is 12.1 Å². The summed E-state index contributed by atoms with van der Waals surface area (Å²) in [5.41, 5.74) is 0.694. The van der Waals surface area contributed by atoms with E-state index < -0.39 is 29.7 Å². The van der Waals surface area contributed by atoms with Gasteiger partial charge in [0.1, 0.15) is 22.2 Å². The van der Waals surface area contributed by atoms with Crippen LogP contribution in [0.3, 0.4) is 0 Å². The zero-order chi connectivity index (χ0) is 25.2. The van der Waals surface area contributed by atoms with Gasteiger partial charge in [0.25, 0.3) is 0 Å². The van der Waals surface area contributed by atoms with E-state index in [1.54, 1.807) is 24.3 Å². The SMILES string of the molecule is O=C(O)/C=C/c1ccc(Oc2c(C(=O)c3ccc(OC(F)(F)F)cc3)sc3cc(F)ccc23)cc1. The summed E-state index contributed by atoms with van der Waals surface area (Å²) in [5.74, 6) is -2.10. The molecule has 0 aliphatic carbocycles. The van der Waals surface area contributed by atoms with E-state index in [4.69, 9.17) is 9.84 Å². The lowest BCUT2D eigenvalue weighted by atomic mass is 10.1. The third-order valence-corrected chi connectivity index (χ3v) is 5.81. The average Bonchev–Trinajstić information content (AvgIpc) is 3.14. The number of halogens is 4. The Morgan fingerprint density at radius 3 is 2.20 bits per heavy atom. The fraction of sp³-hybridized carbons (Fsp3) is 0.0400. The maximum atomic E-state index is 13.8. The third kappa shape index (κ3) is 5.85. The van der Waals surface area contributed by atoms with Crippen molar-refractivity contribution in [3.63, 3.8) is 0 Å². The van der Waals surface area contributed by atoms with Gasteiger partial charge in [-0.2, -0.15) is 0 Å². The van der Waals surface area contributed by atoms with Crippen molar-refractivity contribution in [1.29, 1.82) is 0 Å². The summed E-state index contributed by atoms with van der Waals surface area (Å²) in [4.78, 5) is 24.0. The second-order valence-electron chi connectivity index (χ2n) is 7.14. The monoisotopic (exact) mass is 502 g/mol. The minimum absolute atomic E-state index is 0.0885. The molecule has 4 aromatic rings. The van der Waals surface area contributed by atoms with Gasteiger partial charge in [0.2, 0.25) is 5.78 Å². The van der Waals surface area contributed by atoms with Gasteiger partial charge in [0, 0.05) is 21.7 Å².